The Morgan fingerprint density at radius 3 is 2.69 bits per heavy atom. The van der Waals surface area contributed by atoms with Gasteiger partial charge >= 0.3 is 6.09 Å². The van der Waals surface area contributed by atoms with Crippen LogP contribution in [0.4, 0.5) is 4.79 Å². The Morgan fingerprint density at radius 2 is 2.25 bits per heavy atom. The Balaban J connectivity index is 2.46. The lowest BCUT2D eigenvalue weighted by molar-refractivity contribution is 0.0522. The molecular formula is C10H16BrN3O2. The molecule has 0 atom stereocenters. The second kappa shape index (κ2) is 4.86. The summed E-state index contributed by atoms with van der Waals surface area (Å²) in [6, 6.07) is 0. The van der Waals surface area contributed by atoms with E-state index in [-0.39, 0.29) is 0 Å². The number of nitrogens with zero attached hydrogens (tertiary/aromatic N) is 2. The van der Waals surface area contributed by atoms with E-state index in [0.717, 1.165) is 10.2 Å². The lowest BCUT2D eigenvalue weighted by Crippen LogP contribution is -2.32. The number of hydrogen-bond donors (Lipinski definition) is 1. The summed E-state index contributed by atoms with van der Waals surface area (Å²) in [5, 5.41) is 6.82. The van der Waals surface area contributed by atoms with Gasteiger partial charge in [0.1, 0.15) is 5.60 Å². The average molecular weight is 290 g/mol. The van der Waals surface area contributed by atoms with Crippen molar-refractivity contribution in [2.24, 2.45) is 7.05 Å². The monoisotopic (exact) mass is 289 g/mol. The van der Waals surface area contributed by atoms with Crippen LogP contribution in [0.5, 0.6) is 0 Å². The zero-order chi connectivity index (χ0) is 12.3. The SMILES string of the molecule is Cn1cc(Br)c(CNC(=O)OC(C)(C)C)n1. The predicted molar refractivity (Wildman–Crippen MR) is 64.0 cm³/mol. The maximum absolute atomic E-state index is 11.4. The van der Waals surface area contributed by atoms with Crippen LogP contribution in [0.2, 0.25) is 0 Å². The molecule has 0 radical (unpaired) electrons. The van der Waals surface area contributed by atoms with E-state index in [1.807, 2.05) is 34.0 Å². The third kappa shape index (κ3) is 4.22. The first kappa shape index (κ1) is 13.0. The number of ether oxygens (including phenoxy) is 1. The van der Waals surface area contributed by atoms with Gasteiger partial charge in [-0.3, -0.25) is 4.68 Å². The first-order chi connectivity index (χ1) is 7.28. The highest BCUT2D eigenvalue weighted by Crippen LogP contribution is 2.14. The van der Waals surface area contributed by atoms with Crippen molar-refractivity contribution in [3.05, 3.63) is 16.4 Å². The van der Waals surface area contributed by atoms with Crippen LogP contribution in [0.25, 0.3) is 0 Å². The van der Waals surface area contributed by atoms with Crippen LogP contribution in [0.15, 0.2) is 10.7 Å². The molecule has 5 nitrogen and oxygen atoms in total. The summed E-state index contributed by atoms with van der Waals surface area (Å²) in [7, 11) is 1.82. The Kier molecular flexibility index (Phi) is 3.96. The summed E-state index contributed by atoms with van der Waals surface area (Å²) in [6.07, 6.45) is 1.39. The molecule has 0 saturated carbocycles. The molecule has 1 N–H and O–H groups in total. The number of nitrogens with one attached hydrogen (secondary N) is 1. The van der Waals surface area contributed by atoms with Gasteiger partial charge in [0.05, 0.1) is 16.7 Å². The number of aromatic nitrogens is 2. The molecule has 1 aromatic heterocycles. The predicted octanol–water partition coefficient (Wildman–Crippen LogP) is 2.21. The highest BCUT2D eigenvalue weighted by atomic mass is 79.9. The first-order valence-corrected chi connectivity index (χ1v) is 5.72. The third-order valence-corrected chi connectivity index (χ3v) is 2.32. The van der Waals surface area contributed by atoms with Crippen LogP contribution in [-0.4, -0.2) is 21.5 Å². The van der Waals surface area contributed by atoms with Crippen molar-refractivity contribution >= 4 is 22.0 Å². The van der Waals surface area contributed by atoms with Crippen molar-refractivity contribution in [1.29, 1.82) is 0 Å². The molecule has 1 rings (SSSR count). The van der Waals surface area contributed by atoms with Crippen LogP contribution >= 0.6 is 15.9 Å². The lowest BCUT2D eigenvalue weighted by Gasteiger charge is -2.19. The van der Waals surface area contributed by atoms with Crippen LogP contribution < -0.4 is 5.32 Å². The van der Waals surface area contributed by atoms with E-state index < -0.39 is 11.7 Å². The maximum atomic E-state index is 11.4. The van der Waals surface area contributed by atoms with Crippen LogP contribution in [0.3, 0.4) is 0 Å². The number of hydrogen-bond acceptors (Lipinski definition) is 3. The standard InChI is InChI=1S/C10H16BrN3O2/c1-10(2,3)16-9(15)12-5-8-7(11)6-14(4)13-8/h6H,5H2,1-4H3,(H,12,15). The van der Waals surface area contributed by atoms with Gasteiger partial charge in [-0.15, -0.1) is 0 Å². The van der Waals surface area contributed by atoms with Gasteiger partial charge in [-0.25, -0.2) is 4.79 Å². The molecule has 16 heavy (non-hydrogen) atoms. The van der Waals surface area contributed by atoms with E-state index in [0.29, 0.717) is 6.54 Å². The normalized spacial score (nSPS) is 11.3. The fraction of sp³-hybridized carbons (Fsp3) is 0.600. The molecule has 0 saturated heterocycles. The van der Waals surface area contributed by atoms with Crippen LogP contribution in [-0.2, 0) is 18.3 Å². The number of carbonyl (C=O) groups is 1. The average Bonchev–Trinajstić information content (AvgIpc) is 2.38. The molecule has 1 aromatic rings. The smallest absolute Gasteiger partial charge is 0.407 e. The quantitative estimate of drug-likeness (QED) is 0.908. The molecule has 0 unspecified atom stereocenters. The molecule has 0 aliphatic rings. The Morgan fingerprint density at radius 1 is 1.62 bits per heavy atom. The van der Waals surface area contributed by atoms with Gasteiger partial charge in [0, 0.05) is 13.2 Å². The zero-order valence-electron chi connectivity index (χ0n) is 9.87. The molecule has 1 heterocycles. The summed E-state index contributed by atoms with van der Waals surface area (Å²) >= 11 is 3.35. The largest absolute Gasteiger partial charge is 0.444 e. The van der Waals surface area contributed by atoms with Crippen molar-refractivity contribution in [3.8, 4) is 0 Å². The highest BCUT2D eigenvalue weighted by Gasteiger charge is 2.16. The molecule has 6 heteroatoms. The topological polar surface area (TPSA) is 56.2 Å². The second-order valence-electron chi connectivity index (χ2n) is 4.45. The Labute approximate surface area is 103 Å². The number of rotatable bonds is 2. The second-order valence-corrected chi connectivity index (χ2v) is 5.31. The van der Waals surface area contributed by atoms with Crippen molar-refractivity contribution < 1.29 is 9.53 Å². The summed E-state index contributed by atoms with van der Waals surface area (Å²) in [5.41, 5.74) is 0.291. The van der Waals surface area contributed by atoms with E-state index >= 15 is 0 Å². The van der Waals surface area contributed by atoms with Crippen molar-refractivity contribution in [2.75, 3.05) is 0 Å². The number of halogens is 1. The van der Waals surface area contributed by atoms with Crippen LogP contribution in [0, 0.1) is 0 Å². The zero-order valence-corrected chi connectivity index (χ0v) is 11.5. The highest BCUT2D eigenvalue weighted by molar-refractivity contribution is 9.10. The molecule has 1 amide bonds. The van der Waals surface area contributed by atoms with Gasteiger partial charge in [-0.1, -0.05) is 0 Å². The molecule has 0 aliphatic carbocycles. The summed E-state index contributed by atoms with van der Waals surface area (Å²) in [5.74, 6) is 0. The van der Waals surface area contributed by atoms with Crippen LogP contribution in [0.1, 0.15) is 26.5 Å². The number of aryl methyl sites for hydroxylation is 1. The van der Waals surface area contributed by atoms with Gasteiger partial charge in [0.25, 0.3) is 0 Å². The molecular weight excluding hydrogens is 274 g/mol. The molecule has 0 bridgehead atoms. The Bertz CT molecular complexity index is 382. The minimum atomic E-state index is -0.481. The minimum absolute atomic E-state index is 0.344. The van der Waals surface area contributed by atoms with Gasteiger partial charge in [0.2, 0.25) is 0 Å². The van der Waals surface area contributed by atoms with E-state index in [1.165, 1.54) is 0 Å². The Hall–Kier alpha value is -1.04. The van der Waals surface area contributed by atoms with Gasteiger partial charge < -0.3 is 10.1 Å². The number of amides is 1. The number of carbonyl (C=O) groups excluding carboxylic acids is 1. The van der Waals surface area contributed by atoms with Crippen molar-refractivity contribution in [2.45, 2.75) is 32.9 Å². The third-order valence-electron chi connectivity index (χ3n) is 1.65. The summed E-state index contributed by atoms with van der Waals surface area (Å²) < 4.78 is 7.65. The van der Waals surface area contributed by atoms with Gasteiger partial charge in [-0.05, 0) is 36.7 Å². The minimum Gasteiger partial charge on any atom is -0.444 e. The lowest BCUT2D eigenvalue weighted by atomic mass is 10.2. The molecule has 0 aromatic carbocycles. The molecule has 0 fully saturated rings. The first-order valence-electron chi connectivity index (χ1n) is 4.93. The fourth-order valence-corrected chi connectivity index (χ4v) is 1.61. The molecule has 0 spiro atoms. The number of alkyl carbamates (subject to hydrolysis) is 1. The van der Waals surface area contributed by atoms with E-state index in [9.17, 15) is 4.79 Å². The molecule has 90 valence electrons. The summed E-state index contributed by atoms with van der Waals surface area (Å²) in [6.45, 7) is 5.81. The van der Waals surface area contributed by atoms with E-state index in [1.54, 1.807) is 4.68 Å². The summed E-state index contributed by atoms with van der Waals surface area (Å²) in [4.78, 5) is 11.4. The van der Waals surface area contributed by atoms with E-state index in [2.05, 4.69) is 26.3 Å². The van der Waals surface area contributed by atoms with Crippen molar-refractivity contribution in [1.82, 2.24) is 15.1 Å². The van der Waals surface area contributed by atoms with Crippen molar-refractivity contribution in [3.63, 3.8) is 0 Å². The van der Waals surface area contributed by atoms with Gasteiger partial charge in [0.15, 0.2) is 0 Å². The van der Waals surface area contributed by atoms with E-state index in [4.69, 9.17) is 4.74 Å². The molecule has 0 aliphatic heterocycles. The fourth-order valence-electron chi connectivity index (χ4n) is 1.10. The maximum Gasteiger partial charge on any atom is 0.407 e. The van der Waals surface area contributed by atoms with Gasteiger partial charge in [-0.2, -0.15) is 5.10 Å².